The van der Waals surface area contributed by atoms with Crippen LogP contribution in [0.25, 0.3) is 10.2 Å². The average molecular weight is 353 g/mol. The van der Waals surface area contributed by atoms with Gasteiger partial charge in [-0.05, 0) is 48.1 Å². The van der Waals surface area contributed by atoms with E-state index in [1.54, 1.807) is 17.5 Å². The molecule has 5 nitrogen and oxygen atoms in total. The number of hydrogen-bond acceptors (Lipinski definition) is 5. The molecular weight excluding hydrogens is 334 g/mol. The first kappa shape index (κ1) is 16.2. The molecule has 2 aromatic heterocycles. The second-order valence-electron chi connectivity index (χ2n) is 6.33. The van der Waals surface area contributed by atoms with Gasteiger partial charge in [-0.25, -0.2) is 0 Å². The molecule has 1 aliphatic rings. The van der Waals surface area contributed by atoms with E-state index in [-0.39, 0.29) is 5.91 Å². The Kier molecular flexibility index (Phi) is 4.25. The smallest absolute Gasteiger partial charge is 0.257 e. The molecule has 1 aromatic carbocycles. The minimum absolute atomic E-state index is 0.169. The van der Waals surface area contributed by atoms with Crippen molar-refractivity contribution in [1.29, 1.82) is 0 Å². The second kappa shape index (κ2) is 6.55. The third-order valence-corrected chi connectivity index (χ3v) is 5.50. The Bertz CT molecular complexity index is 916. The van der Waals surface area contributed by atoms with E-state index in [4.69, 9.17) is 10.5 Å². The summed E-state index contributed by atoms with van der Waals surface area (Å²) in [5.74, 6) is -0.169. The van der Waals surface area contributed by atoms with Gasteiger partial charge in [0.05, 0.1) is 15.8 Å². The zero-order chi connectivity index (χ0) is 17.3. The predicted octanol–water partition coefficient (Wildman–Crippen LogP) is 3.51. The summed E-state index contributed by atoms with van der Waals surface area (Å²) >= 11 is 1.58. The first-order valence-corrected chi connectivity index (χ1v) is 9.14. The molecule has 0 aliphatic carbocycles. The molecule has 3 aromatic rings. The van der Waals surface area contributed by atoms with Gasteiger partial charge in [0.1, 0.15) is 0 Å². The number of nitrogens with zero attached hydrogens (tertiary/aromatic N) is 1. The zero-order valence-electron chi connectivity index (χ0n) is 13.7. The van der Waals surface area contributed by atoms with E-state index in [2.05, 4.69) is 10.3 Å². The van der Waals surface area contributed by atoms with Crippen molar-refractivity contribution in [2.24, 2.45) is 5.73 Å². The highest BCUT2D eigenvalue weighted by atomic mass is 32.1. The zero-order valence-corrected chi connectivity index (χ0v) is 14.5. The number of benzene rings is 1. The third kappa shape index (κ3) is 3.28. The van der Waals surface area contributed by atoms with Gasteiger partial charge in [-0.1, -0.05) is 12.1 Å². The maximum absolute atomic E-state index is 12.5. The molecule has 1 aliphatic heterocycles. The molecular formula is C19H19N3O2S. The Morgan fingerprint density at radius 1 is 1.24 bits per heavy atom. The van der Waals surface area contributed by atoms with Crippen molar-refractivity contribution >= 4 is 33.1 Å². The second-order valence-corrected chi connectivity index (χ2v) is 7.28. The van der Waals surface area contributed by atoms with Crippen LogP contribution in [0.4, 0.5) is 5.69 Å². The number of fused-ring (bicyclic) bond motifs is 1. The number of ether oxygens (including phenoxy) is 1. The SMILES string of the molecule is NC1(c2cccc(NC(=O)c3cnc4ccsc4c3)c2)CCOCC1. The van der Waals surface area contributed by atoms with Gasteiger partial charge in [-0.15, -0.1) is 11.3 Å². The van der Waals surface area contributed by atoms with Gasteiger partial charge >= 0.3 is 0 Å². The summed E-state index contributed by atoms with van der Waals surface area (Å²) in [6, 6.07) is 11.6. The maximum atomic E-state index is 12.5. The van der Waals surface area contributed by atoms with Crippen LogP contribution in [-0.4, -0.2) is 24.1 Å². The van der Waals surface area contributed by atoms with Gasteiger partial charge < -0.3 is 15.8 Å². The van der Waals surface area contributed by atoms with Crippen molar-refractivity contribution in [3.63, 3.8) is 0 Å². The lowest BCUT2D eigenvalue weighted by molar-refractivity contribution is 0.0522. The molecule has 25 heavy (non-hydrogen) atoms. The fraction of sp³-hybridized carbons (Fsp3) is 0.263. The molecule has 0 bridgehead atoms. The fourth-order valence-electron chi connectivity index (χ4n) is 3.10. The third-order valence-electron chi connectivity index (χ3n) is 4.65. The molecule has 1 saturated heterocycles. The highest BCUT2D eigenvalue weighted by molar-refractivity contribution is 7.17. The van der Waals surface area contributed by atoms with Crippen molar-refractivity contribution in [1.82, 2.24) is 4.98 Å². The van der Waals surface area contributed by atoms with Crippen LogP contribution in [-0.2, 0) is 10.3 Å². The summed E-state index contributed by atoms with van der Waals surface area (Å²) < 4.78 is 6.42. The van der Waals surface area contributed by atoms with Crippen LogP contribution in [0.1, 0.15) is 28.8 Å². The molecule has 1 fully saturated rings. The number of pyridine rings is 1. The molecule has 6 heteroatoms. The molecule has 0 atom stereocenters. The summed E-state index contributed by atoms with van der Waals surface area (Å²) in [6.07, 6.45) is 3.17. The summed E-state index contributed by atoms with van der Waals surface area (Å²) in [4.78, 5) is 16.9. The lowest BCUT2D eigenvalue weighted by Crippen LogP contribution is -2.42. The predicted molar refractivity (Wildman–Crippen MR) is 99.9 cm³/mol. The molecule has 0 spiro atoms. The Morgan fingerprint density at radius 3 is 2.92 bits per heavy atom. The Hall–Kier alpha value is -2.28. The van der Waals surface area contributed by atoms with Crippen molar-refractivity contribution in [3.8, 4) is 0 Å². The number of carbonyl (C=O) groups excluding carboxylic acids is 1. The summed E-state index contributed by atoms with van der Waals surface area (Å²) in [6.45, 7) is 1.33. The van der Waals surface area contributed by atoms with Gasteiger partial charge in [-0.3, -0.25) is 9.78 Å². The summed E-state index contributed by atoms with van der Waals surface area (Å²) in [7, 11) is 0. The Labute approximate surface area is 149 Å². The summed E-state index contributed by atoms with van der Waals surface area (Å²) in [5, 5.41) is 4.92. The molecule has 0 saturated carbocycles. The highest BCUT2D eigenvalue weighted by Gasteiger charge is 2.30. The number of nitrogens with two attached hydrogens (primary N) is 1. The van der Waals surface area contributed by atoms with Crippen LogP contribution >= 0.6 is 11.3 Å². The molecule has 128 valence electrons. The van der Waals surface area contributed by atoms with Crippen LogP contribution in [0.15, 0.2) is 48.0 Å². The van der Waals surface area contributed by atoms with Crippen LogP contribution < -0.4 is 11.1 Å². The van der Waals surface area contributed by atoms with Gasteiger partial charge in [0.15, 0.2) is 0 Å². The first-order valence-electron chi connectivity index (χ1n) is 8.26. The highest BCUT2D eigenvalue weighted by Crippen LogP contribution is 2.31. The fourth-order valence-corrected chi connectivity index (χ4v) is 3.88. The number of aromatic nitrogens is 1. The lowest BCUT2D eigenvalue weighted by atomic mass is 9.83. The molecule has 3 N–H and O–H groups in total. The number of amides is 1. The molecule has 1 amide bonds. The average Bonchev–Trinajstić information content (AvgIpc) is 3.10. The van der Waals surface area contributed by atoms with E-state index < -0.39 is 5.54 Å². The Balaban J connectivity index is 1.55. The van der Waals surface area contributed by atoms with Gasteiger partial charge in [0, 0.05) is 30.6 Å². The van der Waals surface area contributed by atoms with E-state index in [0.717, 1.165) is 34.3 Å². The summed E-state index contributed by atoms with van der Waals surface area (Å²) in [5.41, 5.74) is 9.38. The van der Waals surface area contributed by atoms with Crippen LogP contribution in [0.3, 0.4) is 0 Å². The normalized spacial score (nSPS) is 16.7. The Morgan fingerprint density at radius 2 is 2.08 bits per heavy atom. The number of rotatable bonds is 3. The lowest BCUT2D eigenvalue weighted by Gasteiger charge is -2.34. The number of carbonyl (C=O) groups is 1. The van der Waals surface area contributed by atoms with Crippen LogP contribution in [0.5, 0.6) is 0 Å². The van der Waals surface area contributed by atoms with Crippen molar-refractivity contribution in [3.05, 3.63) is 59.1 Å². The number of hydrogen-bond donors (Lipinski definition) is 2. The minimum Gasteiger partial charge on any atom is -0.381 e. The maximum Gasteiger partial charge on any atom is 0.257 e. The van der Waals surface area contributed by atoms with Crippen molar-refractivity contribution in [2.45, 2.75) is 18.4 Å². The topological polar surface area (TPSA) is 77.2 Å². The van der Waals surface area contributed by atoms with Crippen molar-refractivity contribution < 1.29 is 9.53 Å². The standard InChI is InChI=1S/C19H19N3O2S/c20-19(5-7-24-8-6-19)14-2-1-3-15(11-14)22-18(23)13-10-17-16(21-12-13)4-9-25-17/h1-4,9-12H,5-8,20H2,(H,22,23). The molecule has 0 radical (unpaired) electrons. The quantitative estimate of drug-likeness (QED) is 0.755. The van der Waals surface area contributed by atoms with E-state index >= 15 is 0 Å². The van der Waals surface area contributed by atoms with Gasteiger partial charge in [-0.2, -0.15) is 0 Å². The van der Waals surface area contributed by atoms with Crippen LogP contribution in [0, 0.1) is 0 Å². The van der Waals surface area contributed by atoms with E-state index in [0.29, 0.717) is 18.8 Å². The van der Waals surface area contributed by atoms with E-state index in [9.17, 15) is 4.79 Å². The largest absolute Gasteiger partial charge is 0.381 e. The molecule has 3 heterocycles. The monoisotopic (exact) mass is 353 g/mol. The van der Waals surface area contributed by atoms with Gasteiger partial charge in [0.2, 0.25) is 0 Å². The van der Waals surface area contributed by atoms with Crippen molar-refractivity contribution in [2.75, 3.05) is 18.5 Å². The number of anilines is 1. The molecule has 4 rings (SSSR count). The van der Waals surface area contributed by atoms with E-state index in [1.807, 2.05) is 41.8 Å². The number of thiophene rings is 1. The van der Waals surface area contributed by atoms with E-state index in [1.165, 1.54) is 0 Å². The first-order chi connectivity index (χ1) is 12.1. The number of nitrogens with one attached hydrogen (secondary N) is 1. The minimum atomic E-state index is -0.392. The van der Waals surface area contributed by atoms with Gasteiger partial charge in [0.25, 0.3) is 5.91 Å². The molecule has 0 unspecified atom stereocenters. The van der Waals surface area contributed by atoms with Crippen LogP contribution in [0.2, 0.25) is 0 Å².